The Hall–Kier alpha value is -1.17. The van der Waals surface area contributed by atoms with Crippen LogP contribution in [0.5, 0.6) is 0 Å². The molecule has 0 amide bonds. The second kappa shape index (κ2) is 8.97. The summed E-state index contributed by atoms with van der Waals surface area (Å²) in [7, 11) is 0. The van der Waals surface area contributed by atoms with Gasteiger partial charge < -0.3 is 9.30 Å². The molecule has 0 bridgehead atoms. The van der Waals surface area contributed by atoms with Crippen LogP contribution >= 0.6 is 46.6 Å². The molecule has 0 fully saturated rings. The topological polar surface area (TPSA) is 27.1 Å². The number of nitrogens with zero attached hydrogens (tertiary/aromatic N) is 2. The molecule has 3 nitrogen and oxygen atoms in total. The Bertz CT molecular complexity index is 810. The third-order valence-corrected chi connectivity index (χ3v) is 5.23. The lowest BCUT2D eigenvalue weighted by atomic mass is 10.1. The zero-order valence-corrected chi connectivity index (χ0v) is 16.2. The maximum Gasteiger partial charge on any atom is 0.103 e. The third kappa shape index (κ3) is 5.40. The van der Waals surface area contributed by atoms with Crippen molar-refractivity contribution in [2.45, 2.75) is 17.5 Å². The van der Waals surface area contributed by atoms with Crippen molar-refractivity contribution in [1.29, 1.82) is 0 Å². The molecule has 0 saturated heterocycles. The quantitative estimate of drug-likeness (QED) is 0.333. The number of aromatic nitrogens is 2. The van der Waals surface area contributed by atoms with Crippen LogP contribution in [0.4, 0.5) is 0 Å². The summed E-state index contributed by atoms with van der Waals surface area (Å²) >= 11 is 19.9. The van der Waals surface area contributed by atoms with Crippen LogP contribution in [-0.4, -0.2) is 15.5 Å². The number of thioether (sulfide) groups is 1. The summed E-state index contributed by atoms with van der Waals surface area (Å²) in [5, 5.41) is 1.91. The van der Waals surface area contributed by atoms with Gasteiger partial charge in [-0.25, -0.2) is 4.98 Å². The summed E-state index contributed by atoms with van der Waals surface area (Å²) in [5.41, 5.74) is 0.900. The normalized spacial score (nSPS) is 12.3. The van der Waals surface area contributed by atoms with Gasteiger partial charge in [0.25, 0.3) is 0 Å². The van der Waals surface area contributed by atoms with Gasteiger partial charge in [0.2, 0.25) is 0 Å². The fourth-order valence-corrected chi connectivity index (χ4v) is 3.66. The van der Waals surface area contributed by atoms with Crippen molar-refractivity contribution in [2.24, 2.45) is 0 Å². The van der Waals surface area contributed by atoms with E-state index in [2.05, 4.69) is 4.98 Å². The van der Waals surface area contributed by atoms with Gasteiger partial charge in [0.1, 0.15) is 6.10 Å². The summed E-state index contributed by atoms with van der Waals surface area (Å²) < 4.78 is 8.07. The van der Waals surface area contributed by atoms with Gasteiger partial charge in [-0.15, -0.1) is 0 Å². The summed E-state index contributed by atoms with van der Waals surface area (Å²) in [4.78, 5) is 5.17. The molecule has 2 aromatic carbocycles. The molecule has 7 heteroatoms. The van der Waals surface area contributed by atoms with Crippen LogP contribution in [0.15, 0.2) is 66.1 Å². The van der Waals surface area contributed by atoms with E-state index in [4.69, 9.17) is 39.5 Å². The van der Waals surface area contributed by atoms with Gasteiger partial charge in [0.15, 0.2) is 0 Å². The molecule has 0 radical (unpaired) electrons. The van der Waals surface area contributed by atoms with E-state index in [1.165, 1.54) is 0 Å². The van der Waals surface area contributed by atoms with Crippen molar-refractivity contribution in [2.75, 3.05) is 5.94 Å². The molecule has 1 atom stereocenters. The lowest BCUT2D eigenvalue weighted by molar-refractivity contribution is 0.0759. The molecular weight excluding hydrogens is 399 g/mol. The van der Waals surface area contributed by atoms with E-state index in [1.807, 2.05) is 47.2 Å². The molecule has 130 valence electrons. The molecule has 0 aliphatic heterocycles. The Morgan fingerprint density at radius 3 is 2.48 bits per heavy atom. The fraction of sp³-hybridized carbons (Fsp3) is 0.167. The summed E-state index contributed by atoms with van der Waals surface area (Å²) in [6.07, 6.45) is 5.18. The second-order valence-electron chi connectivity index (χ2n) is 5.30. The van der Waals surface area contributed by atoms with Crippen LogP contribution in [0.1, 0.15) is 11.7 Å². The zero-order chi connectivity index (χ0) is 17.6. The number of halogens is 3. The van der Waals surface area contributed by atoms with Crippen molar-refractivity contribution in [1.82, 2.24) is 9.55 Å². The van der Waals surface area contributed by atoms with E-state index >= 15 is 0 Å². The Kier molecular flexibility index (Phi) is 6.68. The minimum atomic E-state index is -0.209. The van der Waals surface area contributed by atoms with Crippen LogP contribution in [-0.2, 0) is 11.3 Å². The Labute approximate surface area is 165 Å². The highest BCUT2D eigenvalue weighted by molar-refractivity contribution is 7.99. The predicted octanol–water partition coefficient (Wildman–Crippen LogP) is 6.35. The molecule has 0 aliphatic carbocycles. The summed E-state index contributed by atoms with van der Waals surface area (Å²) in [5.74, 6) is 0.486. The first-order valence-corrected chi connectivity index (χ1v) is 9.64. The minimum absolute atomic E-state index is 0.209. The number of ether oxygens (including phenoxy) is 1. The second-order valence-corrected chi connectivity index (χ2v) is 7.57. The van der Waals surface area contributed by atoms with Crippen LogP contribution in [0.3, 0.4) is 0 Å². The van der Waals surface area contributed by atoms with Crippen molar-refractivity contribution >= 4 is 46.6 Å². The van der Waals surface area contributed by atoms with Crippen LogP contribution in [0, 0.1) is 0 Å². The molecule has 25 heavy (non-hydrogen) atoms. The lowest BCUT2D eigenvalue weighted by Crippen LogP contribution is -2.12. The number of rotatable bonds is 7. The molecule has 0 spiro atoms. The smallest absolute Gasteiger partial charge is 0.103 e. The molecule has 3 aromatic rings. The fourth-order valence-electron chi connectivity index (χ4n) is 2.30. The molecule has 1 aromatic heterocycles. The van der Waals surface area contributed by atoms with Crippen LogP contribution in [0.2, 0.25) is 15.1 Å². The summed E-state index contributed by atoms with van der Waals surface area (Å²) in [6, 6.07) is 13.1. The van der Waals surface area contributed by atoms with Gasteiger partial charge in [0.05, 0.1) is 18.8 Å². The standard InChI is InChI=1S/C18H15Cl3N2OS/c19-13-1-4-15(5-2-13)25-12-24-18(10-23-8-7-22-11-23)16-6-3-14(20)9-17(16)21/h1-9,11,18H,10,12H2. The predicted molar refractivity (Wildman–Crippen MR) is 105 cm³/mol. The van der Waals surface area contributed by atoms with Gasteiger partial charge >= 0.3 is 0 Å². The highest BCUT2D eigenvalue weighted by atomic mass is 35.5. The first kappa shape index (κ1) is 18.6. The average molecular weight is 414 g/mol. The largest absolute Gasteiger partial charge is 0.361 e. The highest BCUT2D eigenvalue weighted by Gasteiger charge is 2.17. The molecule has 0 aliphatic rings. The van der Waals surface area contributed by atoms with Gasteiger partial charge in [-0.1, -0.05) is 52.6 Å². The van der Waals surface area contributed by atoms with Crippen molar-refractivity contribution in [3.8, 4) is 0 Å². The zero-order valence-electron chi connectivity index (χ0n) is 13.1. The van der Waals surface area contributed by atoms with E-state index in [0.29, 0.717) is 22.5 Å². The van der Waals surface area contributed by atoms with Crippen molar-refractivity contribution < 1.29 is 4.74 Å². The number of imidazole rings is 1. The first-order valence-electron chi connectivity index (χ1n) is 7.52. The van der Waals surface area contributed by atoms with E-state index in [0.717, 1.165) is 15.5 Å². The Morgan fingerprint density at radius 2 is 1.80 bits per heavy atom. The van der Waals surface area contributed by atoms with E-state index in [1.54, 1.807) is 30.4 Å². The molecule has 3 rings (SSSR count). The van der Waals surface area contributed by atoms with Crippen LogP contribution in [0.25, 0.3) is 0 Å². The van der Waals surface area contributed by atoms with E-state index in [9.17, 15) is 0 Å². The van der Waals surface area contributed by atoms with Crippen molar-refractivity contribution in [3.63, 3.8) is 0 Å². The van der Waals surface area contributed by atoms with Crippen LogP contribution < -0.4 is 0 Å². The van der Waals surface area contributed by atoms with Gasteiger partial charge in [-0.3, -0.25) is 0 Å². The Morgan fingerprint density at radius 1 is 1.04 bits per heavy atom. The van der Waals surface area contributed by atoms with Gasteiger partial charge in [-0.2, -0.15) is 0 Å². The molecule has 1 heterocycles. The van der Waals surface area contributed by atoms with Gasteiger partial charge in [0, 0.05) is 37.9 Å². The maximum absolute atomic E-state index is 6.37. The number of hydrogen-bond acceptors (Lipinski definition) is 3. The third-order valence-electron chi connectivity index (χ3n) is 3.55. The number of benzene rings is 2. The lowest BCUT2D eigenvalue weighted by Gasteiger charge is -2.20. The SMILES string of the molecule is Clc1ccc(SCOC(Cn2ccnc2)c2ccc(Cl)cc2Cl)cc1. The first-order chi connectivity index (χ1) is 12.1. The van der Waals surface area contributed by atoms with E-state index in [-0.39, 0.29) is 6.10 Å². The molecule has 0 saturated carbocycles. The van der Waals surface area contributed by atoms with Gasteiger partial charge in [-0.05, 0) is 36.4 Å². The van der Waals surface area contributed by atoms with Crippen molar-refractivity contribution in [3.05, 3.63) is 81.8 Å². The Balaban J connectivity index is 1.70. The molecular formula is C18H15Cl3N2OS. The average Bonchev–Trinajstić information content (AvgIpc) is 3.09. The molecule has 1 unspecified atom stereocenters. The highest BCUT2D eigenvalue weighted by Crippen LogP contribution is 2.31. The minimum Gasteiger partial charge on any atom is -0.361 e. The monoisotopic (exact) mass is 412 g/mol. The summed E-state index contributed by atoms with van der Waals surface area (Å²) in [6.45, 7) is 0.614. The molecule has 0 N–H and O–H groups in total. The number of hydrogen-bond donors (Lipinski definition) is 0. The van der Waals surface area contributed by atoms with E-state index < -0.39 is 0 Å². The maximum atomic E-state index is 6.37.